The van der Waals surface area contributed by atoms with Gasteiger partial charge in [0.15, 0.2) is 0 Å². The van der Waals surface area contributed by atoms with Crippen LogP contribution in [-0.4, -0.2) is 59.1 Å². The van der Waals surface area contributed by atoms with Crippen LogP contribution in [0.5, 0.6) is 0 Å². The molecule has 1 N–H and O–H groups in total. The number of aromatic nitrogens is 2. The fourth-order valence-electron chi connectivity index (χ4n) is 4.33. The fraction of sp³-hybridized carbons (Fsp3) is 0.500. The number of ether oxygens (including phenoxy) is 2. The van der Waals surface area contributed by atoms with Crippen molar-refractivity contribution in [2.24, 2.45) is 5.92 Å². The van der Waals surface area contributed by atoms with Gasteiger partial charge in [0.25, 0.3) is 5.91 Å². The van der Waals surface area contributed by atoms with Gasteiger partial charge in [-0.05, 0) is 62.8 Å². The molecule has 1 aromatic carbocycles. The van der Waals surface area contributed by atoms with E-state index in [-0.39, 0.29) is 24.1 Å². The van der Waals surface area contributed by atoms with Crippen LogP contribution in [0.25, 0.3) is 11.8 Å². The summed E-state index contributed by atoms with van der Waals surface area (Å²) in [6.07, 6.45) is 6.75. The fourth-order valence-corrected chi connectivity index (χ4v) is 4.33. The Labute approximate surface area is 200 Å². The molecule has 1 aromatic heterocycles. The third-order valence-corrected chi connectivity index (χ3v) is 6.41. The van der Waals surface area contributed by atoms with Crippen LogP contribution in [0.1, 0.15) is 57.0 Å². The van der Waals surface area contributed by atoms with Crippen molar-refractivity contribution >= 4 is 18.1 Å². The Hall–Kier alpha value is -3.13. The van der Waals surface area contributed by atoms with Crippen molar-refractivity contribution in [3.8, 4) is 5.69 Å². The summed E-state index contributed by atoms with van der Waals surface area (Å²) in [6, 6.07) is 12.0. The lowest BCUT2D eigenvalue weighted by atomic mass is 9.99. The Morgan fingerprint density at radius 2 is 2.03 bits per heavy atom. The molecule has 0 unspecified atom stereocenters. The minimum Gasteiger partial charge on any atom is -0.453 e. The van der Waals surface area contributed by atoms with Crippen molar-refractivity contribution in [1.82, 2.24) is 20.0 Å². The highest BCUT2D eigenvalue weighted by Crippen LogP contribution is 2.36. The Morgan fingerprint density at radius 3 is 2.68 bits per heavy atom. The lowest BCUT2D eigenvalue weighted by Crippen LogP contribution is -2.45. The number of alkyl carbamates (subject to hydrolysis) is 1. The zero-order valence-electron chi connectivity index (χ0n) is 20.1. The minimum atomic E-state index is -0.478. The predicted octanol–water partition coefficient (Wildman–Crippen LogP) is 4.11. The quantitative estimate of drug-likeness (QED) is 0.633. The van der Waals surface area contributed by atoms with Gasteiger partial charge in [-0.3, -0.25) is 4.79 Å². The first-order valence-corrected chi connectivity index (χ1v) is 12.1. The molecule has 4 rings (SSSR count). The first kappa shape index (κ1) is 24.0. The van der Waals surface area contributed by atoms with E-state index in [0.717, 1.165) is 42.8 Å². The molecule has 0 bridgehead atoms. The number of rotatable bonds is 8. The summed E-state index contributed by atoms with van der Waals surface area (Å²) in [6.45, 7) is 5.18. The molecule has 1 saturated heterocycles. The van der Waals surface area contributed by atoms with Crippen molar-refractivity contribution in [1.29, 1.82) is 0 Å². The zero-order chi connectivity index (χ0) is 24.1. The third kappa shape index (κ3) is 5.67. The number of para-hydroxylation sites is 1. The van der Waals surface area contributed by atoms with E-state index in [9.17, 15) is 9.59 Å². The molecule has 182 valence electrons. The van der Waals surface area contributed by atoms with Gasteiger partial charge in [0.1, 0.15) is 6.10 Å². The highest BCUT2D eigenvalue weighted by Gasteiger charge is 2.41. The monoisotopic (exact) mass is 466 g/mol. The number of hydrogen-bond acceptors (Lipinski definition) is 5. The Balaban J connectivity index is 1.58. The predicted molar refractivity (Wildman–Crippen MR) is 129 cm³/mol. The molecular formula is C26H34N4O4. The standard InChI is InChI=1S/C26H34N4O4/c1-18-11-14-24(34-17-18)25(31)29(20-12-13-20)19(2)23-16-22(10-7-15-27-26(32)33-3)30(28-23)21-8-5-4-6-9-21/h4-10,16,18-20,24H,11-15,17H2,1-3H3,(H,27,32)/b10-7+/t18-,19-,24-/m1/s1. The van der Waals surface area contributed by atoms with E-state index >= 15 is 0 Å². The van der Waals surface area contributed by atoms with E-state index in [1.807, 2.05) is 65.1 Å². The maximum absolute atomic E-state index is 13.5. The molecule has 2 fully saturated rings. The largest absolute Gasteiger partial charge is 0.453 e. The molecule has 1 aliphatic heterocycles. The summed E-state index contributed by atoms with van der Waals surface area (Å²) in [4.78, 5) is 26.8. The van der Waals surface area contributed by atoms with Gasteiger partial charge in [0, 0.05) is 12.6 Å². The Morgan fingerprint density at radius 1 is 1.26 bits per heavy atom. The van der Waals surface area contributed by atoms with Crippen molar-refractivity contribution < 1.29 is 19.1 Å². The highest BCUT2D eigenvalue weighted by molar-refractivity contribution is 5.82. The second-order valence-electron chi connectivity index (χ2n) is 9.17. The number of carbonyl (C=O) groups excluding carboxylic acids is 2. The molecule has 2 aromatic rings. The molecule has 8 heteroatoms. The van der Waals surface area contributed by atoms with Gasteiger partial charge in [0.05, 0.1) is 36.8 Å². The van der Waals surface area contributed by atoms with Gasteiger partial charge >= 0.3 is 6.09 Å². The first-order chi connectivity index (χ1) is 16.5. The summed E-state index contributed by atoms with van der Waals surface area (Å²) in [5.41, 5.74) is 2.62. The van der Waals surface area contributed by atoms with E-state index < -0.39 is 6.09 Å². The maximum atomic E-state index is 13.5. The summed E-state index contributed by atoms with van der Waals surface area (Å²) in [5, 5.41) is 7.54. The summed E-state index contributed by atoms with van der Waals surface area (Å²) in [5.74, 6) is 0.580. The molecule has 2 aliphatic rings. The van der Waals surface area contributed by atoms with Crippen LogP contribution >= 0.6 is 0 Å². The lowest BCUT2D eigenvalue weighted by Gasteiger charge is -2.34. The molecule has 3 atom stereocenters. The SMILES string of the molecule is COC(=O)NC/C=C/c1cc([C@@H](C)N(C(=O)[C@H]2CC[C@@H](C)CO2)C2CC2)nn1-c1ccccc1. The zero-order valence-corrected chi connectivity index (χ0v) is 20.1. The first-order valence-electron chi connectivity index (χ1n) is 12.1. The second kappa shape index (κ2) is 10.9. The smallest absolute Gasteiger partial charge is 0.407 e. The average Bonchev–Trinajstić information content (AvgIpc) is 3.60. The van der Waals surface area contributed by atoms with Crippen LogP contribution in [0.15, 0.2) is 42.5 Å². The molecule has 1 saturated carbocycles. The van der Waals surface area contributed by atoms with Gasteiger partial charge in [-0.15, -0.1) is 0 Å². The molecule has 0 spiro atoms. The summed E-state index contributed by atoms with van der Waals surface area (Å²) < 4.78 is 12.4. The second-order valence-corrected chi connectivity index (χ2v) is 9.17. The van der Waals surface area contributed by atoms with Gasteiger partial charge in [0.2, 0.25) is 0 Å². The number of nitrogens with one attached hydrogen (secondary N) is 1. The number of amides is 2. The van der Waals surface area contributed by atoms with Crippen LogP contribution in [0.3, 0.4) is 0 Å². The molecule has 1 aliphatic carbocycles. The van der Waals surface area contributed by atoms with E-state index in [1.165, 1.54) is 7.11 Å². The maximum Gasteiger partial charge on any atom is 0.407 e. The molecule has 2 heterocycles. The van der Waals surface area contributed by atoms with Crippen molar-refractivity contribution in [3.05, 3.63) is 53.9 Å². The van der Waals surface area contributed by atoms with Crippen LogP contribution < -0.4 is 5.32 Å². The normalized spacial score (nSPS) is 21.3. The number of methoxy groups -OCH3 is 1. The number of carbonyl (C=O) groups is 2. The van der Waals surface area contributed by atoms with Crippen LogP contribution in [0, 0.1) is 5.92 Å². The number of benzene rings is 1. The van der Waals surface area contributed by atoms with E-state index in [2.05, 4.69) is 17.0 Å². The van der Waals surface area contributed by atoms with Crippen molar-refractivity contribution in [2.45, 2.75) is 57.7 Å². The van der Waals surface area contributed by atoms with E-state index in [1.54, 1.807) is 0 Å². The molecule has 8 nitrogen and oxygen atoms in total. The van der Waals surface area contributed by atoms with Gasteiger partial charge in [-0.2, -0.15) is 5.10 Å². The summed E-state index contributed by atoms with van der Waals surface area (Å²) >= 11 is 0. The highest BCUT2D eigenvalue weighted by atomic mass is 16.5. The Bertz CT molecular complexity index is 1010. The van der Waals surface area contributed by atoms with Gasteiger partial charge in [-0.1, -0.05) is 31.2 Å². The molecular weight excluding hydrogens is 432 g/mol. The number of nitrogens with zero attached hydrogens (tertiary/aromatic N) is 3. The van der Waals surface area contributed by atoms with Crippen LogP contribution in [0.2, 0.25) is 0 Å². The average molecular weight is 467 g/mol. The van der Waals surface area contributed by atoms with E-state index in [0.29, 0.717) is 19.1 Å². The molecule has 34 heavy (non-hydrogen) atoms. The third-order valence-electron chi connectivity index (χ3n) is 6.41. The van der Waals surface area contributed by atoms with E-state index in [4.69, 9.17) is 9.84 Å². The topological polar surface area (TPSA) is 85.7 Å². The minimum absolute atomic E-state index is 0.0792. The van der Waals surface area contributed by atoms with Crippen LogP contribution in [0.4, 0.5) is 4.79 Å². The van der Waals surface area contributed by atoms with Crippen molar-refractivity contribution in [2.75, 3.05) is 20.3 Å². The summed E-state index contributed by atoms with van der Waals surface area (Å²) in [7, 11) is 1.34. The molecule has 2 amide bonds. The van der Waals surface area contributed by atoms with Gasteiger partial charge in [-0.25, -0.2) is 9.48 Å². The van der Waals surface area contributed by atoms with Gasteiger partial charge < -0.3 is 19.7 Å². The Kier molecular flexibility index (Phi) is 7.67. The molecule has 0 radical (unpaired) electrons. The van der Waals surface area contributed by atoms with Crippen LogP contribution in [-0.2, 0) is 14.3 Å². The lowest BCUT2D eigenvalue weighted by molar-refractivity contribution is -0.151. The van der Waals surface area contributed by atoms with Crippen molar-refractivity contribution in [3.63, 3.8) is 0 Å². The number of hydrogen-bond donors (Lipinski definition) is 1.